The number of aromatic amines is 1. The van der Waals surface area contributed by atoms with E-state index in [1.54, 1.807) is 6.20 Å². The largest absolute Gasteiger partial charge is 0.444 e. The van der Waals surface area contributed by atoms with Crippen molar-refractivity contribution < 1.29 is 9.53 Å². The van der Waals surface area contributed by atoms with Crippen LogP contribution in [0.5, 0.6) is 0 Å². The Morgan fingerprint density at radius 2 is 1.91 bits per heavy atom. The topological polar surface area (TPSA) is 112 Å². The van der Waals surface area contributed by atoms with E-state index in [0.29, 0.717) is 5.65 Å². The minimum atomic E-state index is -0.745. The number of nitrogens with one attached hydrogen (secondary N) is 2. The standard InChI is InChI=1S/C25H28BrN7O2/c1-32-8-10-33(11-9-32)17-6-4-14(5-7-17)23-30-21-20(18(26)13-28-24(21)31-23)29-19-15-2-3-16(12-15)22(19)35-25(27)34/h2-7,13,15-16,19,22H,8-12H2,1H3,(H2,27,34)(H2,28,29,30,31)/t15-,16+,19+,22-/m0/s1. The number of amides is 1. The highest BCUT2D eigenvalue weighted by atomic mass is 79.9. The smallest absolute Gasteiger partial charge is 0.404 e. The van der Waals surface area contributed by atoms with E-state index in [-0.39, 0.29) is 24.0 Å². The fourth-order valence-electron chi connectivity index (χ4n) is 5.53. The number of carbonyl (C=O) groups is 1. The number of carbonyl (C=O) groups excluding carboxylic acids is 1. The molecule has 3 aliphatic rings. The van der Waals surface area contributed by atoms with Crippen LogP contribution >= 0.6 is 15.9 Å². The molecule has 0 spiro atoms. The highest BCUT2D eigenvalue weighted by Crippen LogP contribution is 2.44. The summed E-state index contributed by atoms with van der Waals surface area (Å²) in [7, 11) is 2.16. The summed E-state index contributed by atoms with van der Waals surface area (Å²) in [5.74, 6) is 1.21. The first-order chi connectivity index (χ1) is 17.0. The van der Waals surface area contributed by atoms with Gasteiger partial charge in [-0.2, -0.15) is 0 Å². The van der Waals surface area contributed by atoms with Crippen molar-refractivity contribution in [2.45, 2.75) is 18.6 Å². The van der Waals surface area contributed by atoms with Crippen LogP contribution in [-0.4, -0.2) is 71.3 Å². The Kier molecular flexibility index (Phi) is 5.64. The van der Waals surface area contributed by atoms with Gasteiger partial charge < -0.3 is 30.6 Å². The summed E-state index contributed by atoms with van der Waals surface area (Å²) in [6, 6.07) is 8.44. The number of nitrogens with zero attached hydrogens (tertiary/aromatic N) is 4. The van der Waals surface area contributed by atoms with Gasteiger partial charge in [-0.15, -0.1) is 0 Å². The van der Waals surface area contributed by atoms with Crippen molar-refractivity contribution in [1.82, 2.24) is 19.9 Å². The number of piperazine rings is 1. The molecular weight excluding hydrogens is 510 g/mol. The van der Waals surface area contributed by atoms with E-state index in [4.69, 9.17) is 15.5 Å². The quantitative estimate of drug-likeness (QED) is 0.426. The molecule has 35 heavy (non-hydrogen) atoms. The van der Waals surface area contributed by atoms with Crippen LogP contribution in [0.1, 0.15) is 6.42 Å². The summed E-state index contributed by atoms with van der Waals surface area (Å²) < 4.78 is 6.30. The zero-order valence-corrected chi connectivity index (χ0v) is 21.0. The second-order valence-electron chi connectivity index (χ2n) is 9.62. The number of hydrogen-bond acceptors (Lipinski definition) is 7. The van der Waals surface area contributed by atoms with Gasteiger partial charge in [0, 0.05) is 55.5 Å². The van der Waals surface area contributed by atoms with Crippen molar-refractivity contribution in [2.75, 3.05) is 43.4 Å². The van der Waals surface area contributed by atoms with Crippen LogP contribution in [0, 0.1) is 11.8 Å². The number of benzene rings is 1. The average Bonchev–Trinajstić information content (AvgIpc) is 3.57. The van der Waals surface area contributed by atoms with Gasteiger partial charge in [-0.05, 0) is 53.7 Å². The maximum Gasteiger partial charge on any atom is 0.404 e. The van der Waals surface area contributed by atoms with E-state index in [1.807, 2.05) is 0 Å². The maximum atomic E-state index is 11.5. The van der Waals surface area contributed by atoms with Crippen molar-refractivity contribution in [1.29, 1.82) is 0 Å². The number of ether oxygens (including phenoxy) is 1. The lowest BCUT2D eigenvalue weighted by Gasteiger charge is -2.34. The normalized spacial score (nSPS) is 25.9. The lowest BCUT2D eigenvalue weighted by Crippen LogP contribution is -2.44. The molecule has 1 aromatic carbocycles. The lowest BCUT2D eigenvalue weighted by atomic mass is 9.98. The second kappa shape index (κ2) is 8.83. The van der Waals surface area contributed by atoms with Gasteiger partial charge in [0.15, 0.2) is 5.65 Å². The molecule has 0 radical (unpaired) electrons. The maximum absolute atomic E-state index is 11.5. The number of anilines is 2. The molecule has 1 saturated heterocycles. The third-order valence-electron chi connectivity index (χ3n) is 7.43. The molecule has 182 valence electrons. The highest BCUT2D eigenvalue weighted by Gasteiger charge is 2.47. The van der Waals surface area contributed by atoms with Crippen molar-refractivity contribution >= 4 is 44.6 Å². The zero-order chi connectivity index (χ0) is 24.1. The summed E-state index contributed by atoms with van der Waals surface area (Å²) >= 11 is 3.64. The number of primary amides is 1. The fraction of sp³-hybridized carbons (Fsp3) is 0.400. The van der Waals surface area contributed by atoms with Crippen molar-refractivity contribution in [3.05, 3.63) is 47.1 Å². The molecule has 2 aromatic heterocycles. The molecule has 9 nitrogen and oxygen atoms in total. The Hall–Kier alpha value is -3.11. The molecule has 6 rings (SSSR count). The van der Waals surface area contributed by atoms with Gasteiger partial charge in [-0.3, -0.25) is 0 Å². The Bertz CT molecular complexity index is 1280. The highest BCUT2D eigenvalue weighted by molar-refractivity contribution is 9.10. The molecule has 10 heteroatoms. The van der Waals surface area contributed by atoms with Gasteiger partial charge in [0.05, 0.1) is 16.2 Å². The summed E-state index contributed by atoms with van der Waals surface area (Å²) in [5, 5.41) is 3.61. The van der Waals surface area contributed by atoms with E-state index in [2.05, 4.69) is 84.5 Å². The number of rotatable bonds is 5. The van der Waals surface area contributed by atoms with E-state index in [9.17, 15) is 4.79 Å². The van der Waals surface area contributed by atoms with Gasteiger partial charge in [0.1, 0.15) is 17.4 Å². The Labute approximate surface area is 211 Å². The molecular formula is C25H28BrN7O2. The Balaban J connectivity index is 1.28. The van der Waals surface area contributed by atoms with Gasteiger partial charge in [-0.1, -0.05) is 12.2 Å². The summed E-state index contributed by atoms with van der Waals surface area (Å²) in [6.07, 6.45) is 5.95. The summed E-state index contributed by atoms with van der Waals surface area (Å²) in [5.41, 5.74) is 9.87. The third kappa shape index (κ3) is 4.14. The first-order valence-corrected chi connectivity index (χ1v) is 12.7. The van der Waals surface area contributed by atoms with Gasteiger partial charge in [-0.25, -0.2) is 14.8 Å². The van der Waals surface area contributed by atoms with Crippen LogP contribution < -0.4 is 16.0 Å². The molecule has 4 N–H and O–H groups in total. The predicted molar refractivity (Wildman–Crippen MR) is 139 cm³/mol. The minimum absolute atomic E-state index is 0.0750. The lowest BCUT2D eigenvalue weighted by molar-refractivity contribution is 0.0854. The molecule has 3 heterocycles. The van der Waals surface area contributed by atoms with Crippen LogP contribution in [0.25, 0.3) is 22.6 Å². The number of nitrogens with two attached hydrogens (primary N) is 1. The Morgan fingerprint density at radius 3 is 2.66 bits per heavy atom. The number of imidazole rings is 1. The van der Waals surface area contributed by atoms with E-state index in [1.165, 1.54) is 5.69 Å². The SMILES string of the molecule is CN1CCN(c2ccc(-c3nc4ncc(Br)c(N[C@H]5[C@@H](OC(N)=O)[C@@H]6C=C[C@H]5C6)c4[nH]3)cc2)CC1. The number of halogens is 1. The average molecular weight is 538 g/mol. The number of H-pyrrole nitrogens is 1. The van der Waals surface area contributed by atoms with Gasteiger partial charge >= 0.3 is 6.09 Å². The van der Waals surface area contributed by atoms with Crippen LogP contribution in [0.4, 0.5) is 16.2 Å². The van der Waals surface area contributed by atoms with Crippen LogP contribution in [-0.2, 0) is 4.74 Å². The van der Waals surface area contributed by atoms with Crippen molar-refractivity contribution in [3.8, 4) is 11.4 Å². The summed E-state index contributed by atoms with van der Waals surface area (Å²) in [4.78, 5) is 29.0. The van der Waals surface area contributed by atoms with E-state index < -0.39 is 6.09 Å². The van der Waals surface area contributed by atoms with Gasteiger partial charge in [0.2, 0.25) is 0 Å². The van der Waals surface area contributed by atoms with Gasteiger partial charge in [0.25, 0.3) is 0 Å². The molecule has 3 aromatic rings. The van der Waals surface area contributed by atoms with Crippen LogP contribution in [0.15, 0.2) is 47.1 Å². The summed E-state index contributed by atoms with van der Waals surface area (Å²) in [6.45, 7) is 4.22. The molecule has 1 saturated carbocycles. The van der Waals surface area contributed by atoms with Crippen molar-refractivity contribution in [2.24, 2.45) is 17.6 Å². The molecule has 1 aliphatic heterocycles. The van der Waals surface area contributed by atoms with Crippen LogP contribution in [0.3, 0.4) is 0 Å². The predicted octanol–water partition coefficient (Wildman–Crippen LogP) is 3.59. The van der Waals surface area contributed by atoms with Crippen molar-refractivity contribution in [3.63, 3.8) is 0 Å². The minimum Gasteiger partial charge on any atom is -0.444 e. The number of aromatic nitrogens is 3. The monoisotopic (exact) mass is 537 g/mol. The molecule has 4 atom stereocenters. The molecule has 2 aliphatic carbocycles. The number of fused-ring (bicyclic) bond motifs is 3. The number of pyridine rings is 1. The Morgan fingerprint density at radius 1 is 1.17 bits per heavy atom. The van der Waals surface area contributed by atoms with E-state index in [0.717, 1.165) is 59.7 Å². The van der Waals surface area contributed by atoms with Crippen LogP contribution in [0.2, 0.25) is 0 Å². The molecule has 2 bridgehead atoms. The number of likely N-dealkylation sites (N-methyl/N-ethyl adjacent to an activating group) is 1. The number of hydrogen-bond donors (Lipinski definition) is 3. The fourth-order valence-corrected chi connectivity index (χ4v) is 5.95. The third-order valence-corrected chi connectivity index (χ3v) is 8.03. The first kappa shape index (κ1) is 22.4. The van der Waals surface area contributed by atoms with E-state index >= 15 is 0 Å². The molecule has 0 unspecified atom stereocenters. The molecule has 1 amide bonds. The zero-order valence-electron chi connectivity index (χ0n) is 19.4. The second-order valence-corrected chi connectivity index (χ2v) is 10.5. The molecule has 2 fully saturated rings. The first-order valence-electron chi connectivity index (χ1n) is 12.0.